The quantitative estimate of drug-likeness (QED) is 0.227. The maximum Gasteiger partial charge on any atom is 0.274 e. The number of halogens is 2. The number of H-pyrrole nitrogens is 1. The van der Waals surface area contributed by atoms with Crippen LogP contribution < -0.4 is 16.1 Å². The molecule has 4 aromatic heterocycles. The number of aromatic nitrogens is 6. The molecule has 5 heterocycles. The number of fused-ring (bicyclic) bond motifs is 2. The fourth-order valence-corrected chi connectivity index (χ4v) is 5.35. The van der Waals surface area contributed by atoms with Gasteiger partial charge in [0.2, 0.25) is 11.3 Å². The summed E-state index contributed by atoms with van der Waals surface area (Å²) in [4.78, 5) is 52.3. The standard InChI is InChI=1S/C28H29F2N9O4/c1-13(2)38-5-6-39-16(8-20(40)24(42)23(39)28(38)43)11-31-21(41)9-19(14-3-4-14)34-26-18(30)12-33-27(35-26)22-17-7-15(29)10-32-25(17)37-36-22/h7-8,10,12-14,19,42H,3-6,9,11H2,1-2H3,(H,31,41)(H,32,36,37)(H,33,34,35). The molecule has 1 aliphatic carbocycles. The lowest BCUT2D eigenvalue weighted by Crippen LogP contribution is -2.46. The Balaban J connectivity index is 1.18. The van der Waals surface area contributed by atoms with Crippen LogP contribution in [0.4, 0.5) is 14.6 Å². The van der Waals surface area contributed by atoms with E-state index in [4.69, 9.17) is 0 Å². The van der Waals surface area contributed by atoms with Crippen molar-refractivity contribution in [2.45, 2.75) is 58.3 Å². The molecule has 1 saturated carbocycles. The number of nitrogens with zero attached hydrogens (tertiary/aromatic N) is 6. The van der Waals surface area contributed by atoms with Crippen molar-refractivity contribution in [3.63, 3.8) is 0 Å². The highest BCUT2D eigenvalue weighted by molar-refractivity contribution is 5.96. The summed E-state index contributed by atoms with van der Waals surface area (Å²) in [5.74, 6) is -2.65. The first-order chi connectivity index (χ1) is 20.6. The lowest BCUT2D eigenvalue weighted by molar-refractivity contribution is -0.121. The molecule has 224 valence electrons. The molecule has 1 atom stereocenters. The van der Waals surface area contributed by atoms with E-state index in [1.165, 1.54) is 12.1 Å². The Kier molecular flexibility index (Phi) is 7.23. The highest BCUT2D eigenvalue weighted by Gasteiger charge is 2.34. The Bertz CT molecular complexity index is 1800. The van der Waals surface area contributed by atoms with Gasteiger partial charge in [0.1, 0.15) is 11.5 Å². The number of anilines is 1. The van der Waals surface area contributed by atoms with E-state index in [1.807, 2.05) is 13.8 Å². The largest absolute Gasteiger partial charge is 0.503 e. The molecule has 6 rings (SSSR count). The Morgan fingerprint density at radius 1 is 1.16 bits per heavy atom. The maximum absolute atomic E-state index is 14.8. The number of amides is 2. The Hall–Kier alpha value is -4.95. The summed E-state index contributed by atoms with van der Waals surface area (Å²) in [6.45, 7) is 4.41. The van der Waals surface area contributed by atoms with E-state index < -0.39 is 34.8 Å². The van der Waals surface area contributed by atoms with E-state index in [0.717, 1.165) is 25.2 Å². The average molecular weight is 594 g/mol. The van der Waals surface area contributed by atoms with E-state index in [9.17, 15) is 28.3 Å². The molecule has 15 heteroatoms. The van der Waals surface area contributed by atoms with E-state index in [-0.39, 0.29) is 59.5 Å². The summed E-state index contributed by atoms with van der Waals surface area (Å²) >= 11 is 0. The SMILES string of the molecule is CC(C)N1CCn2c(CNC(=O)CC(Nc3nc(-c4[nH]nc5ncc(F)cc45)ncc3F)C3CC3)cc(=O)c(O)c2C1=O. The van der Waals surface area contributed by atoms with Crippen LogP contribution in [-0.4, -0.2) is 70.2 Å². The zero-order valence-corrected chi connectivity index (χ0v) is 23.4. The molecule has 43 heavy (non-hydrogen) atoms. The number of hydrogen-bond donors (Lipinski definition) is 4. The number of aromatic hydroxyl groups is 1. The van der Waals surface area contributed by atoms with Gasteiger partial charge in [-0.1, -0.05) is 0 Å². The van der Waals surface area contributed by atoms with Crippen LogP contribution in [0.5, 0.6) is 5.75 Å². The van der Waals surface area contributed by atoms with Crippen LogP contribution in [0.1, 0.15) is 49.3 Å². The molecule has 0 bridgehead atoms. The van der Waals surface area contributed by atoms with Gasteiger partial charge in [-0.25, -0.2) is 23.7 Å². The van der Waals surface area contributed by atoms with Crippen LogP contribution in [0.25, 0.3) is 22.6 Å². The molecule has 2 aliphatic rings. The number of nitrogens with one attached hydrogen (secondary N) is 3. The van der Waals surface area contributed by atoms with Crippen molar-refractivity contribution in [2.75, 3.05) is 11.9 Å². The minimum Gasteiger partial charge on any atom is -0.503 e. The highest BCUT2D eigenvalue weighted by atomic mass is 19.1. The fourth-order valence-electron chi connectivity index (χ4n) is 5.35. The third-order valence-corrected chi connectivity index (χ3v) is 7.75. The first-order valence-electron chi connectivity index (χ1n) is 13.9. The van der Waals surface area contributed by atoms with Crippen LogP contribution in [0.3, 0.4) is 0 Å². The lowest BCUT2D eigenvalue weighted by Gasteiger charge is -2.34. The van der Waals surface area contributed by atoms with Gasteiger partial charge in [0.15, 0.2) is 34.6 Å². The van der Waals surface area contributed by atoms with Gasteiger partial charge in [0.05, 0.1) is 24.3 Å². The third-order valence-electron chi connectivity index (χ3n) is 7.75. The number of aromatic amines is 1. The average Bonchev–Trinajstić information content (AvgIpc) is 3.74. The van der Waals surface area contributed by atoms with E-state index in [1.54, 1.807) is 9.47 Å². The van der Waals surface area contributed by atoms with Gasteiger partial charge < -0.3 is 25.2 Å². The molecule has 1 fully saturated rings. The van der Waals surface area contributed by atoms with Gasteiger partial charge >= 0.3 is 0 Å². The second-order valence-corrected chi connectivity index (χ2v) is 11.0. The first-order valence-corrected chi connectivity index (χ1v) is 13.9. The zero-order valence-electron chi connectivity index (χ0n) is 23.4. The van der Waals surface area contributed by atoms with Crippen molar-refractivity contribution < 1.29 is 23.5 Å². The van der Waals surface area contributed by atoms with Gasteiger partial charge in [0, 0.05) is 43.4 Å². The van der Waals surface area contributed by atoms with Crippen molar-refractivity contribution >= 4 is 28.7 Å². The monoisotopic (exact) mass is 593 g/mol. The van der Waals surface area contributed by atoms with Crippen LogP contribution in [-0.2, 0) is 17.9 Å². The number of hydrogen-bond acceptors (Lipinski definition) is 9. The topological polar surface area (TPSA) is 171 Å². The van der Waals surface area contributed by atoms with Gasteiger partial charge in [0.25, 0.3) is 5.91 Å². The Morgan fingerprint density at radius 2 is 1.95 bits per heavy atom. The minimum absolute atomic E-state index is 0.0131. The summed E-state index contributed by atoms with van der Waals surface area (Å²) in [5.41, 5.74) is 0.125. The number of pyridine rings is 2. The molecule has 0 aromatic carbocycles. The van der Waals surface area contributed by atoms with E-state index in [2.05, 4.69) is 35.8 Å². The summed E-state index contributed by atoms with van der Waals surface area (Å²) in [6.07, 6.45) is 3.69. The molecule has 4 aromatic rings. The summed E-state index contributed by atoms with van der Waals surface area (Å²) in [6, 6.07) is 1.88. The number of rotatable bonds is 9. The number of carbonyl (C=O) groups is 2. The van der Waals surface area contributed by atoms with Gasteiger partial charge in [-0.3, -0.25) is 19.5 Å². The molecule has 2 amide bonds. The Morgan fingerprint density at radius 3 is 2.70 bits per heavy atom. The van der Waals surface area contributed by atoms with Crippen LogP contribution in [0.15, 0.2) is 29.3 Å². The zero-order chi connectivity index (χ0) is 30.4. The summed E-state index contributed by atoms with van der Waals surface area (Å²) in [7, 11) is 0. The third kappa shape index (κ3) is 5.49. The molecule has 4 N–H and O–H groups in total. The normalized spacial score (nSPS) is 15.6. The Labute approximate surface area is 243 Å². The van der Waals surface area contributed by atoms with Crippen LogP contribution in [0.2, 0.25) is 0 Å². The molecule has 0 spiro atoms. The molecule has 1 aliphatic heterocycles. The van der Waals surface area contributed by atoms with Crippen molar-refractivity contribution in [1.29, 1.82) is 0 Å². The van der Waals surface area contributed by atoms with E-state index in [0.29, 0.717) is 24.2 Å². The highest BCUT2D eigenvalue weighted by Crippen LogP contribution is 2.36. The number of carbonyl (C=O) groups excluding carboxylic acids is 2. The summed E-state index contributed by atoms with van der Waals surface area (Å²) < 4.78 is 30.2. The van der Waals surface area contributed by atoms with Gasteiger partial charge in [-0.2, -0.15) is 5.10 Å². The predicted octanol–water partition coefficient (Wildman–Crippen LogP) is 2.32. The molecular formula is C28H29F2N9O4. The molecule has 13 nitrogen and oxygen atoms in total. The fraction of sp³-hybridized carbons (Fsp3) is 0.393. The van der Waals surface area contributed by atoms with Crippen LogP contribution in [0, 0.1) is 17.6 Å². The summed E-state index contributed by atoms with van der Waals surface area (Å²) in [5, 5.41) is 23.3. The lowest BCUT2D eigenvalue weighted by atomic mass is 10.1. The van der Waals surface area contributed by atoms with Crippen LogP contribution >= 0.6 is 0 Å². The van der Waals surface area contributed by atoms with Gasteiger partial charge in [-0.05, 0) is 38.7 Å². The van der Waals surface area contributed by atoms with Gasteiger partial charge in [-0.15, -0.1) is 0 Å². The second-order valence-electron chi connectivity index (χ2n) is 11.0. The first kappa shape index (κ1) is 28.2. The second kappa shape index (κ2) is 11.0. The molecule has 0 radical (unpaired) electrons. The van der Waals surface area contributed by atoms with Crippen molar-refractivity contribution in [2.24, 2.45) is 5.92 Å². The minimum atomic E-state index is -0.724. The van der Waals surface area contributed by atoms with Crippen molar-refractivity contribution in [1.82, 2.24) is 39.9 Å². The van der Waals surface area contributed by atoms with Crippen molar-refractivity contribution in [3.05, 3.63) is 57.8 Å². The molecule has 1 unspecified atom stereocenters. The molecule has 0 saturated heterocycles. The predicted molar refractivity (Wildman–Crippen MR) is 150 cm³/mol. The maximum atomic E-state index is 14.8. The van der Waals surface area contributed by atoms with E-state index >= 15 is 0 Å². The van der Waals surface area contributed by atoms with Crippen molar-refractivity contribution in [3.8, 4) is 17.3 Å². The smallest absolute Gasteiger partial charge is 0.274 e. The molecular weight excluding hydrogens is 564 g/mol.